The van der Waals surface area contributed by atoms with Gasteiger partial charge in [-0.3, -0.25) is 14.0 Å². The molecule has 5 rings (SSSR count). The van der Waals surface area contributed by atoms with E-state index in [1.54, 1.807) is 23.1 Å². The Morgan fingerprint density at radius 1 is 1.02 bits per heavy atom. The molecule has 0 unspecified atom stereocenters. The fourth-order valence-corrected chi connectivity index (χ4v) is 7.68. The lowest BCUT2D eigenvalue weighted by molar-refractivity contribution is 0.0983. The van der Waals surface area contributed by atoms with E-state index in [9.17, 15) is 13.2 Å². The Kier molecular flexibility index (Phi) is 9.74. The molecule has 1 aliphatic heterocycles. The molecule has 40 heavy (non-hydrogen) atoms. The van der Waals surface area contributed by atoms with Crippen LogP contribution in [-0.4, -0.2) is 56.9 Å². The van der Waals surface area contributed by atoms with Crippen LogP contribution in [0.1, 0.15) is 36.2 Å². The molecule has 0 saturated heterocycles. The summed E-state index contributed by atoms with van der Waals surface area (Å²) in [5.74, 6) is -0.223. The third-order valence-corrected chi connectivity index (χ3v) is 10.2. The SMILES string of the molecule is CCN(CC)CCN(C(=O)c1ccc(S(=O)(=O)N2CCCc3ccccc32)cc1)c1nc2ccc(Cl)cc2s1.Cl. The van der Waals surface area contributed by atoms with Crippen LogP contribution in [0.5, 0.6) is 0 Å². The van der Waals surface area contributed by atoms with E-state index in [1.165, 1.54) is 27.8 Å². The van der Waals surface area contributed by atoms with Gasteiger partial charge in [-0.15, -0.1) is 12.4 Å². The van der Waals surface area contributed by atoms with Crippen LogP contribution in [0.15, 0.2) is 71.6 Å². The lowest BCUT2D eigenvalue weighted by Crippen LogP contribution is -2.39. The highest BCUT2D eigenvalue weighted by atomic mass is 35.5. The van der Waals surface area contributed by atoms with E-state index < -0.39 is 10.0 Å². The van der Waals surface area contributed by atoms with Crippen molar-refractivity contribution >= 4 is 72.3 Å². The van der Waals surface area contributed by atoms with Crippen LogP contribution in [0.2, 0.25) is 5.02 Å². The quantitative estimate of drug-likeness (QED) is 0.214. The van der Waals surface area contributed by atoms with Gasteiger partial charge in [0.25, 0.3) is 15.9 Å². The Morgan fingerprint density at radius 2 is 1.75 bits per heavy atom. The normalized spacial score (nSPS) is 13.2. The summed E-state index contributed by atoms with van der Waals surface area (Å²) in [7, 11) is -3.76. The van der Waals surface area contributed by atoms with Gasteiger partial charge in [0.15, 0.2) is 5.13 Å². The maximum Gasteiger partial charge on any atom is 0.264 e. The Bertz CT molecular complexity index is 1590. The van der Waals surface area contributed by atoms with Crippen LogP contribution in [0.25, 0.3) is 10.2 Å². The lowest BCUT2D eigenvalue weighted by Gasteiger charge is -2.30. The molecule has 0 radical (unpaired) electrons. The molecule has 2 heterocycles. The first-order chi connectivity index (χ1) is 18.8. The van der Waals surface area contributed by atoms with Gasteiger partial charge >= 0.3 is 0 Å². The number of aromatic nitrogens is 1. The average molecular weight is 620 g/mol. The number of anilines is 2. The summed E-state index contributed by atoms with van der Waals surface area (Å²) in [5.41, 5.74) is 2.94. The predicted octanol–water partition coefficient (Wildman–Crippen LogP) is 6.50. The number of hydrogen-bond donors (Lipinski definition) is 0. The van der Waals surface area contributed by atoms with Crippen LogP contribution >= 0.6 is 35.3 Å². The largest absolute Gasteiger partial charge is 0.302 e. The first kappa shape index (κ1) is 30.3. The van der Waals surface area contributed by atoms with Gasteiger partial charge in [0.05, 0.1) is 20.8 Å². The molecule has 0 aliphatic carbocycles. The first-order valence-electron chi connectivity index (χ1n) is 13.1. The zero-order valence-corrected chi connectivity index (χ0v) is 25.6. The number of amides is 1. The summed E-state index contributed by atoms with van der Waals surface area (Å²) in [4.78, 5) is 22.6. The number of carbonyl (C=O) groups is 1. The fraction of sp³-hybridized carbons (Fsp3) is 0.310. The molecule has 0 N–H and O–H groups in total. The molecule has 1 aromatic heterocycles. The minimum absolute atomic E-state index is 0. The van der Waals surface area contributed by atoms with Crippen LogP contribution in [0.3, 0.4) is 0 Å². The minimum Gasteiger partial charge on any atom is -0.302 e. The Balaban J connectivity index is 0.00000370. The van der Waals surface area contributed by atoms with Crippen LogP contribution < -0.4 is 9.21 Å². The molecule has 11 heteroatoms. The van der Waals surface area contributed by atoms with E-state index in [0.29, 0.717) is 35.4 Å². The summed E-state index contributed by atoms with van der Waals surface area (Å²) in [6.07, 6.45) is 1.62. The standard InChI is InChI=1S/C29H31ClN4O3S2.ClH/c1-3-32(4-2)18-19-33(29-31-25-16-13-23(30)20-27(25)38-29)28(35)22-11-14-24(15-12-22)39(36,37)34-17-7-9-21-8-5-6-10-26(21)34;/h5-6,8,10-16,20H,3-4,7,9,17-19H2,1-2H3;1H. The molecular weight excluding hydrogens is 587 g/mol. The van der Waals surface area contributed by atoms with Gasteiger partial charge in [0, 0.05) is 30.2 Å². The number of aryl methyl sites for hydroxylation is 1. The molecular formula is C29H32Cl2N4O3S2. The van der Waals surface area contributed by atoms with Crippen molar-refractivity contribution < 1.29 is 13.2 Å². The number of fused-ring (bicyclic) bond motifs is 2. The zero-order chi connectivity index (χ0) is 27.6. The Morgan fingerprint density at radius 3 is 2.48 bits per heavy atom. The molecule has 7 nitrogen and oxygen atoms in total. The highest BCUT2D eigenvalue weighted by Crippen LogP contribution is 2.33. The molecule has 0 spiro atoms. The van der Waals surface area contributed by atoms with E-state index in [0.717, 1.165) is 47.4 Å². The van der Waals surface area contributed by atoms with Crippen molar-refractivity contribution in [2.24, 2.45) is 0 Å². The second-order valence-electron chi connectivity index (χ2n) is 9.43. The lowest BCUT2D eigenvalue weighted by atomic mass is 10.0. The van der Waals surface area contributed by atoms with Gasteiger partial charge in [-0.2, -0.15) is 0 Å². The van der Waals surface area contributed by atoms with Crippen molar-refractivity contribution in [2.75, 3.05) is 41.9 Å². The summed E-state index contributed by atoms with van der Waals surface area (Å²) in [6.45, 7) is 7.51. The van der Waals surface area contributed by atoms with Gasteiger partial charge in [0.2, 0.25) is 0 Å². The van der Waals surface area contributed by atoms with Crippen molar-refractivity contribution in [3.8, 4) is 0 Å². The van der Waals surface area contributed by atoms with Crippen molar-refractivity contribution in [3.05, 3.63) is 82.9 Å². The summed E-state index contributed by atoms with van der Waals surface area (Å²) in [5, 5.41) is 1.21. The number of carbonyl (C=O) groups excluding carboxylic acids is 1. The topological polar surface area (TPSA) is 73.8 Å². The summed E-state index contributed by atoms with van der Waals surface area (Å²) in [6, 6.07) is 19.4. The fourth-order valence-electron chi connectivity index (χ4n) is 4.87. The highest BCUT2D eigenvalue weighted by molar-refractivity contribution is 7.92. The number of rotatable bonds is 9. The Labute approximate surface area is 250 Å². The number of halogens is 2. The van der Waals surface area contributed by atoms with Crippen molar-refractivity contribution in [1.82, 2.24) is 9.88 Å². The van der Waals surface area contributed by atoms with E-state index in [-0.39, 0.29) is 23.2 Å². The smallest absolute Gasteiger partial charge is 0.264 e. The average Bonchev–Trinajstić information content (AvgIpc) is 3.37. The molecule has 1 aliphatic rings. The van der Waals surface area contributed by atoms with Gasteiger partial charge in [0.1, 0.15) is 0 Å². The van der Waals surface area contributed by atoms with Crippen LogP contribution in [0, 0.1) is 0 Å². The summed E-state index contributed by atoms with van der Waals surface area (Å²) < 4.78 is 29.5. The Hall–Kier alpha value is -2.69. The maximum atomic E-state index is 13.8. The molecule has 0 fully saturated rings. The third kappa shape index (κ3) is 6.14. The molecule has 0 bridgehead atoms. The van der Waals surface area contributed by atoms with Gasteiger partial charge < -0.3 is 4.90 Å². The summed E-state index contributed by atoms with van der Waals surface area (Å²) >= 11 is 7.60. The molecule has 0 atom stereocenters. The molecule has 0 saturated carbocycles. The van der Waals surface area contributed by atoms with E-state index in [4.69, 9.17) is 16.6 Å². The van der Waals surface area contributed by atoms with E-state index >= 15 is 0 Å². The number of benzene rings is 3. The molecule has 212 valence electrons. The van der Waals surface area contributed by atoms with Gasteiger partial charge in [-0.25, -0.2) is 13.4 Å². The van der Waals surface area contributed by atoms with Crippen molar-refractivity contribution in [2.45, 2.75) is 31.6 Å². The number of hydrogen-bond acceptors (Lipinski definition) is 6. The molecule has 3 aromatic carbocycles. The van der Waals surface area contributed by atoms with Gasteiger partial charge in [-0.1, -0.05) is 55.0 Å². The van der Waals surface area contributed by atoms with Crippen LogP contribution in [0.4, 0.5) is 10.8 Å². The maximum absolute atomic E-state index is 13.8. The number of nitrogens with zero attached hydrogens (tertiary/aromatic N) is 4. The molecule has 4 aromatic rings. The van der Waals surface area contributed by atoms with E-state index in [2.05, 4.69) is 18.7 Å². The molecule has 1 amide bonds. The van der Waals surface area contributed by atoms with E-state index in [1.807, 2.05) is 36.4 Å². The van der Waals surface area contributed by atoms with Crippen molar-refractivity contribution in [1.29, 1.82) is 0 Å². The minimum atomic E-state index is -3.76. The number of thiazole rings is 1. The predicted molar refractivity (Wildman–Crippen MR) is 167 cm³/mol. The van der Waals surface area contributed by atoms with Crippen LogP contribution in [-0.2, 0) is 16.4 Å². The van der Waals surface area contributed by atoms with Crippen molar-refractivity contribution in [3.63, 3.8) is 0 Å². The zero-order valence-electron chi connectivity index (χ0n) is 22.4. The number of sulfonamides is 1. The first-order valence-corrected chi connectivity index (χ1v) is 15.8. The number of likely N-dealkylation sites (N-methyl/N-ethyl adjacent to an activating group) is 1. The number of para-hydroxylation sites is 1. The third-order valence-electron chi connectivity index (χ3n) is 7.11. The monoisotopic (exact) mass is 618 g/mol. The highest BCUT2D eigenvalue weighted by Gasteiger charge is 2.29. The second-order valence-corrected chi connectivity index (χ2v) is 12.7. The second kappa shape index (κ2) is 12.9. The van der Waals surface area contributed by atoms with Gasteiger partial charge in [-0.05, 0) is 80.0 Å².